The number of rotatable bonds is 4. The van der Waals surface area contributed by atoms with E-state index < -0.39 is 0 Å². The van der Waals surface area contributed by atoms with Gasteiger partial charge in [-0.3, -0.25) is 4.79 Å². The van der Waals surface area contributed by atoms with E-state index in [2.05, 4.69) is 20.8 Å². The molecule has 0 radical (unpaired) electrons. The van der Waals surface area contributed by atoms with Crippen molar-refractivity contribution in [3.8, 4) is 11.4 Å². The zero-order valence-corrected chi connectivity index (χ0v) is 11.3. The molecule has 0 bridgehead atoms. The van der Waals surface area contributed by atoms with Gasteiger partial charge in [0.15, 0.2) is 5.82 Å². The fourth-order valence-electron chi connectivity index (χ4n) is 2.27. The maximum Gasteiger partial charge on any atom is 0.224 e. The van der Waals surface area contributed by atoms with E-state index in [4.69, 9.17) is 0 Å². The maximum atomic E-state index is 12.0. The summed E-state index contributed by atoms with van der Waals surface area (Å²) >= 11 is 0. The Morgan fingerprint density at radius 2 is 2.25 bits per heavy atom. The molecule has 1 amide bonds. The molecule has 0 unspecified atom stereocenters. The lowest BCUT2D eigenvalue weighted by Crippen LogP contribution is -2.43. The first-order chi connectivity index (χ1) is 9.74. The molecule has 2 N–H and O–H groups in total. The van der Waals surface area contributed by atoms with Gasteiger partial charge in [0.1, 0.15) is 6.33 Å². The van der Waals surface area contributed by atoms with Crippen LogP contribution in [0.4, 0.5) is 5.69 Å². The molecule has 1 aliphatic heterocycles. The lowest BCUT2D eigenvalue weighted by molar-refractivity contribution is -0.117. The summed E-state index contributed by atoms with van der Waals surface area (Å²) in [4.78, 5) is 12.0. The Bertz CT molecular complexity index is 618. The van der Waals surface area contributed by atoms with Gasteiger partial charge in [-0.05, 0) is 31.1 Å². The monoisotopic (exact) mass is 271 g/mol. The number of anilines is 1. The quantitative estimate of drug-likeness (QED) is 0.871. The molecule has 6 heteroatoms. The summed E-state index contributed by atoms with van der Waals surface area (Å²) < 4.78 is 1.83. The number of nitrogens with zero attached hydrogens (tertiary/aromatic N) is 3. The first-order valence-electron chi connectivity index (χ1n) is 6.68. The predicted octanol–water partition coefficient (Wildman–Crippen LogP) is 1.03. The Morgan fingerprint density at radius 3 is 2.90 bits per heavy atom. The first-order valence-corrected chi connectivity index (χ1v) is 6.68. The van der Waals surface area contributed by atoms with Gasteiger partial charge >= 0.3 is 0 Å². The van der Waals surface area contributed by atoms with E-state index in [0.717, 1.165) is 30.2 Å². The van der Waals surface area contributed by atoms with E-state index in [-0.39, 0.29) is 5.91 Å². The summed E-state index contributed by atoms with van der Waals surface area (Å²) in [5.41, 5.74) is 1.66. The van der Waals surface area contributed by atoms with Gasteiger partial charge in [0, 0.05) is 19.0 Å². The second-order valence-electron chi connectivity index (χ2n) is 5.09. The van der Waals surface area contributed by atoms with Crippen LogP contribution >= 0.6 is 0 Å². The number of carbonyl (C=O) groups excluding carboxylic acids is 1. The molecular weight excluding hydrogens is 254 g/mol. The van der Waals surface area contributed by atoms with E-state index >= 15 is 0 Å². The fourth-order valence-corrected chi connectivity index (χ4v) is 2.27. The van der Waals surface area contributed by atoms with Crippen molar-refractivity contribution in [1.82, 2.24) is 20.1 Å². The minimum Gasteiger partial charge on any atom is -0.325 e. The SMILES string of the molecule is Cn1cnnc1-c1ccccc1NC(=O)CC1CNC1. The largest absolute Gasteiger partial charge is 0.325 e. The molecule has 2 aromatic rings. The number of para-hydroxylation sites is 1. The summed E-state index contributed by atoms with van der Waals surface area (Å²) in [6, 6.07) is 7.65. The maximum absolute atomic E-state index is 12.0. The van der Waals surface area contributed by atoms with Crippen LogP contribution in [0, 0.1) is 5.92 Å². The lowest BCUT2D eigenvalue weighted by atomic mass is 9.99. The summed E-state index contributed by atoms with van der Waals surface area (Å²) in [5, 5.41) is 14.1. The zero-order chi connectivity index (χ0) is 13.9. The highest BCUT2D eigenvalue weighted by Crippen LogP contribution is 2.26. The van der Waals surface area contributed by atoms with Crippen molar-refractivity contribution in [2.24, 2.45) is 13.0 Å². The molecule has 1 aromatic carbocycles. The van der Waals surface area contributed by atoms with Crippen LogP contribution in [-0.2, 0) is 11.8 Å². The standard InChI is InChI=1S/C14H17N5O/c1-19-9-16-18-14(19)11-4-2-3-5-12(11)17-13(20)6-10-7-15-8-10/h2-5,9-10,15H,6-8H2,1H3,(H,17,20). The van der Waals surface area contributed by atoms with Gasteiger partial charge in [-0.1, -0.05) is 12.1 Å². The number of hydrogen-bond acceptors (Lipinski definition) is 4. The minimum atomic E-state index is 0.0473. The molecule has 2 heterocycles. The van der Waals surface area contributed by atoms with Crippen LogP contribution in [0.25, 0.3) is 11.4 Å². The van der Waals surface area contributed by atoms with Crippen molar-refractivity contribution >= 4 is 11.6 Å². The number of nitrogens with one attached hydrogen (secondary N) is 2. The number of aryl methyl sites for hydroxylation is 1. The molecule has 0 atom stereocenters. The van der Waals surface area contributed by atoms with Crippen LogP contribution in [-0.4, -0.2) is 33.8 Å². The van der Waals surface area contributed by atoms with Gasteiger partial charge in [0.2, 0.25) is 5.91 Å². The highest BCUT2D eigenvalue weighted by Gasteiger charge is 2.21. The minimum absolute atomic E-state index is 0.0473. The van der Waals surface area contributed by atoms with Gasteiger partial charge in [-0.2, -0.15) is 0 Å². The predicted molar refractivity (Wildman–Crippen MR) is 76.0 cm³/mol. The third-order valence-corrected chi connectivity index (χ3v) is 3.49. The molecule has 1 saturated heterocycles. The highest BCUT2D eigenvalue weighted by molar-refractivity contribution is 5.94. The molecule has 0 spiro atoms. The van der Waals surface area contributed by atoms with Crippen molar-refractivity contribution < 1.29 is 4.79 Å². The molecule has 0 saturated carbocycles. The Balaban J connectivity index is 1.79. The molecule has 104 valence electrons. The first kappa shape index (κ1) is 12.8. The Morgan fingerprint density at radius 1 is 1.45 bits per heavy atom. The summed E-state index contributed by atoms with van der Waals surface area (Å²) in [5.74, 6) is 1.24. The molecule has 0 aliphatic carbocycles. The number of benzene rings is 1. The topological polar surface area (TPSA) is 71.8 Å². The second-order valence-corrected chi connectivity index (χ2v) is 5.09. The molecule has 6 nitrogen and oxygen atoms in total. The van der Waals surface area contributed by atoms with E-state index in [1.165, 1.54) is 0 Å². The average molecular weight is 271 g/mol. The number of carbonyl (C=O) groups is 1. The van der Waals surface area contributed by atoms with Gasteiger partial charge in [0.25, 0.3) is 0 Å². The Kier molecular flexibility index (Phi) is 3.47. The average Bonchev–Trinajstić information content (AvgIpc) is 2.81. The second kappa shape index (κ2) is 5.42. The molecular formula is C14H17N5O. The molecule has 1 fully saturated rings. The molecule has 1 aromatic heterocycles. The fraction of sp³-hybridized carbons (Fsp3) is 0.357. The van der Waals surface area contributed by atoms with Crippen molar-refractivity contribution in [3.05, 3.63) is 30.6 Å². The van der Waals surface area contributed by atoms with Crippen molar-refractivity contribution in [1.29, 1.82) is 0 Å². The van der Waals surface area contributed by atoms with Crippen LogP contribution in [0.3, 0.4) is 0 Å². The normalized spacial score (nSPS) is 14.8. The van der Waals surface area contributed by atoms with Crippen LogP contribution in [0.2, 0.25) is 0 Å². The van der Waals surface area contributed by atoms with Crippen LogP contribution in [0.1, 0.15) is 6.42 Å². The van der Waals surface area contributed by atoms with E-state index in [0.29, 0.717) is 12.3 Å². The van der Waals surface area contributed by atoms with Gasteiger partial charge in [-0.25, -0.2) is 0 Å². The third-order valence-electron chi connectivity index (χ3n) is 3.49. The van der Waals surface area contributed by atoms with Crippen LogP contribution < -0.4 is 10.6 Å². The summed E-state index contributed by atoms with van der Waals surface area (Å²) in [6.45, 7) is 1.86. The Labute approximate surface area is 117 Å². The number of amides is 1. The number of aromatic nitrogens is 3. The Hall–Kier alpha value is -2.21. The van der Waals surface area contributed by atoms with E-state index in [1.54, 1.807) is 6.33 Å². The van der Waals surface area contributed by atoms with Crippen molar-refractivity contribution in [3.63, 3.8) is 0 Å². The third kappa shape index (κ3) is 2.55. The molecule has 20 heavy (non-hydrogen) atoms. The van der Waals surface area contributed by atoms with E-state index in [1.807, 2.05) is 35.9 Å². The highest BCUT2D eigenvalue weighted by atomic mass is 16.1. The van der Waals surface area contributed by atoms with Gasteiger partial charge < -0.3 is 15.2 Å². The van der Waals surface area contributed by atoms with Crippen LogP contribution in [0.5, 0.6) is 0 Å². The van der Waals surface area contributed by atoms with Crippen molar-refractivity contribution in [2.75, 3.05) is 18.4 Å². The lowest BCUT2D eigenvalue weighted by Gasteiger charge is -2.26. The molecule has 3 rings (SSSR count). The summed E-state index contributed by atoms with van der Waals surface area (Å²) in [7, 11) is 1.88. The zero-order valence-electron chi connectivity index (χ0n) is 11.3. The van der Waals surface area contributed by atoms with Crippen molar-refractivity contribution in [2.45, 2.75) is 6.42 Å². The van der Waals surface area contributed by atoms with Gasteiger partial charge in [-0.15, -0.1) is 10.2 Å². The summed E-state index contributed by atoms with van der Waals surface area (Å²) in [6.07, 6.45) is 2.20. The molecule has 1 aliphatic rings. The number of hydrogen-bond donors (Lipinski definition) is 2. The van der Waals surface area contributed by atoms with Crippen LogP contribution in [0.15, 0.2) is 30.6 Å². The smallest absolute Gasteiger partial charge is 0.224 e. The van der Waals surface area contributed by atoms with E-state index in [9.17, 15) is 4.79 Å². The van der Waals surface area contributed by atoms with Gasteiger partial charge in [0.05, 0.1) is 5.69 Å².